The van der Waals surface area contributed by atoms with Crippen molar-refractivity contribution in [3.05, 3.63) is 0 Å². The van der Waals surface area contributed by atoms with E-state index in [4.69, 9.17) is 9.84 Å². The van der Waals surface area contributed by atoms with Crippen LogP contribution in [0, 0.1) is 5.92 Å². The zero-order valence-corrected chi connectivity index (χ0v) is 11.8. The van der Waals surface area contributed by atoms with E-state index in [2.05, 4.69) is 20.8 Å². The van der Waals surface area contributed by atoms with Crippen LogP contribution in [0.4, 0.5) is 0 Å². The summed E-state index contributed by atoms with van der Waals surface area (Å²) in [4.78, 5) is 0. The van der Waals surface area contributed by atoms with Gasteiger partial charge in [0.2, 0.25) is 0 Å². The number of hydrogen-bond donors (Lipinski definition) is 1. The molecule has 2 atom stereocenters. The molecule has 0 saturated carbocycles. The third kappa shape index (κ3) is 9.17. The number of aliphatic hydroxyl groups is 1. The molecular formula is C14H30O2. The smallest absolute Gasteiger partial charge is 0.0622 e. The molecule has 0 bridgehead atoms. The predicted molar refractivity (Wildman–Crippen MR) is 69.6 cm³/mol. The lowest BCUT2D eigenvalue weighted by Crippen LogP contribution is -2.22. The molecule has 0 saturated heterocycles. The number of hydrogen-bond acceptors (Lipinski definition) is 2. The molecule has 0 aliphatic rings. The monoisotopic (exact) mass is 230 g/mol. The Morgan fingerprint density at radius 1 is 1.06 bits per heavy atom. The Balaban J connectivity index is 3.47. The molecule has 0 radical (unpaired) electrons. The molecule has 0 aromatic rings. The van der Waals surface area contributed by atoms with E-state index in [1.165, 1.54) is 19.3 Å². The molecule has 0 aromatic carbocycles. The summed E-state index contributed by atoms with van der Waals surface area (Å²) in [5, 5.41) is 9.16. The Hall–Kier alpha value is -0.0800. The Morgan fingerprint density at radius 3 is 2.12 bits per heavy atom. The van der Waals surface area contributed by atoms with E-state index in [1.54, 1.807) is 7.11 Å². The number of ether oxygens (including phenoxy) is 1. The highest BCUT2D eigenvalue weighted by Gasteiger charge is 2.16. The average Bonchev–Trinajstić information content (AvgIpc) is 2.17. The van der Waals surface area contributed by atoms with E-state index in [0.29, 0.717) is 0 Å². The van der Waals surface area contributed by atoms with Gasteiger partial charge in [-0.1, -0.05) is 32.6 Å². The van der Waals surface area contributed by atoms with Crippen molar-refractivity contribution in [3.8, 4) is 0 Å². The van der Waals surface area contributed by atoms with Gasteiger partial charge in [-0.2, -0.15) is 0 Å². The summed E-state index contributed by atoms with van der Waals surface area (Å²) < 4.78 is 5.40. The summed E-state index contributed by atoms with van der Waals surface area (Å²) in [6, 6.07) is 0. The fraction of sp³-hybridized carbons (Fsp3) is 1.00. The van der Waals surface area contributed by atoms with Crippen molar-refractivity contribution in [2.75, 3.05) is 7.11 Å². The first-order valence-electron chi connectivity index (χ1n) is 6.60. The predicted octanol–water partition coefficient (Wildman–Crippen LogP) is 3.77. The van der Waals surface area contributed by atoms with Gasteiger partial charge in [0.15, 0.2) is 0 Å². The summed E-state index contributed by atoms with van der Waals surface area (Å²) in [6.45, 7) is 8.46. The molecule has 0 rings (SSSR count). The van der Waals surface area contributed by atoms with Gasteiger partial charge in [0.25, 0.3) is 0 Å². The zero-order valence-electron chi connectivity index (χ0n) is 11.8. The van der Waals surface area contributed by atoms with Crippen LogP contribution in [-0.2, 0) is 4.74 Å². The van der Waals surface area contributed by atoms with Crippen LogP contribution >= 0.6 is 0 Å². The third-order valence-corrected chi connectivity index (χ3v) is 3.35. The second-order valence-corrected chi connectivity index (χ2v) is 5.74. The van der Waals surface area contributed by atoms with E-state index < -0.39 is 0 Å². The SMILES string of the molecule is COC(C)(C)CCCC(C)CCCC(C)O. The first-order valence-corrected chi connectivity index (χ1v) is 6.60. The minimum absolute atomic E-state index is 0.0271. The summed E-state index contributed by atoms with van der Waals surface area (Å²) in [7, 11) is 1.78. The van der Waals surface area contributed by atoms with Crippen LogP contribution < -0.4 is 0 Å². The normalized spacial score (nSPS) is 16.1. The van der Waals surface area contributed by atoms with Crippen LogP contribution in [0.2, 0.25) is 0 Å². The number of rotatable bonds is 9. The molecule has 0 aromatic heterocycles. The molecule has 0 aliphatic carbocycles. The number of aliphatic hydroxyl groups excluding tert-OH is 1. The van der Waals surface area contributed by atoms with Crippen molar-refractivity contribution in [3.63, 3.8) is 0 Å². The van der Waals surface area contributed by atoms with Crippen molar-refractivity contribution >= 4 is 0 Å². The first-order chi connectivity index (χ1) is 7.37. The van der Waals surface area contributed by atoms with Gasteiger partial charge < -0.3 is 9.84 Å². The van der Waals surface area contributed by atoms with Crippen molar-refractivity contribution in [1.82, 2.24) is 0 Å². The molecule has 0 spiro atoms. The Kier molecular flexibility index (Phi) is 8.04. The molecule has 0 aliphatic heterocycles. The lowest BCUT2D eigenvalue weighted by molar-refractivity contribution is 0.0127. The Bertz CT molecular complexity index is 164. The molecule has 0 fully saturated rings. The maximum atomic E-state index is 9.16. The molecule has 16 heavy (non-hydrogen) atoms. The van der Waals surface area contributed by atoms with E-state index in [-0.39, 0.29) is 11.7 Å². The summed E-state index contributed by atoms with van der Waals surface area (Å²) in [5.41, 5.74) is 0.0271. The van der Waals surface area contributed by atoms with Gasteiger partial charge >= 0.3 is 0 Å². The first kappa shape index (κ1) is 15.9. The second-order valence-electron chi connectivity index (χ2n) is 5.74. The van der Waals surface area contributed by atoms with Crippen LogP contribution in [0.5, 0.6) is 0 Å². The van der Waals surface area contributed by atoms with Gasteiger partial charge in [-0.15, -0.1) is 0 Å². The standard InChI is InChI=1S/C14H30O2/c1-12(8-6-10-13(2)15)9-7-11-14(3,4)16-5/h12-13,15H,6-11H2,1-5H3. The molecular weight excluding hydrogens is 200 g/mol. The van der Waals surface area contributed by atoms with Crippen molar-refractivity contribution in [2.24, 2.45) is 5.92 Å². The lowest BCUT2D eigenvalue weighted by Gasteiger charge is -2.23. The van der Waals surface area contributed by atoms with Crippen molar-refractivity contribution < 1.29 is 9.84 Å². The van der Waals surface area contributed by atoms with Crippen LogP contribution in [0.3, 0.4) is 0 Å². The quantitative estimate of drug-likeness (QED) is 0.653. The Morgan fingerprint density at radius 2 is 1.62 bits per heavy atom. The second kappa shape index (κ2) is 8.08. The molecule has 2 heteroatoms. The molecule has 2 nitrogen and oxygen atoms in total. The van der Waals surface area contributed by atoms with Crippen LogP contribution in [0.1, 0.15) is 66.2 Å². The third-order valence-electron chi connectivity index (χ3n) is 3.35. The maximum absolute atomic E-state index is 9.16. The highest BCUT2D eigenvalue weighted by molar-refractivity contribution is 4.68. The molecule has 0 heterocycles. The van der Waals surface area contributed by atoms with Crippen molar-refractivity contribution in [1.29, 1.82) is 0 Å². The summed E-state index contributed by atoms with van der Waals surface area (Å²) >= 11 is 0. The highest BCUT2D eigenvalue weighted by Crippen LogP contribution is 2.21. The average molecular weight is 230 g/mol. The molecule has 98 valence electrons. The minimum atomic E-state index is -0.139. The minimum Gasteiger partial charge on any atom is -0.393 e. The van der Waals surface area contributed by atoms with Gasteiger partial charge in [-0.25, -0.2) is 0 Å². The van der Waals surface area contributed by atoms with Gasteiger partial charge in [-0.3, -0.25) is 0 Å². The van der Waals surface area contributed by atoms with Crippen LogP contribution in [0.15, 0.2) is 0 Å². The molecule has 2 unspecified atom stereocenters. The maximum Gasteiger partial charge on any atom is 0.0622 e. The van der Waals surface area contributed by atoms with Gasteiger partial charge in [-0.05, 0) is 39.5 Å². The van der Waals surface area contributed by atoms with Gasteiger partial charge in [0.05, 0.1) is 11.7 Å². The van der Waals surface area contributed by atoms with Gasteiger partial charge in [0.1, 0.15) is 0 Å². The zero-order chi connectivity index (χ0) is 12.6. The lowest BCUT2D eigenvalue weighted by atomic mass is 9.93. The molecule has 1 N–H and O–H groups in total. The van der Waals surface area contributed by atoms with E-state index in [1.807, 2.05) is 6.92 Å². The van der Waals surface area contributed by atoms with Gasteiger partial charge in [0, 0.05) is 7.11 Å². The number of methoxy groups -OCH3 is 1. The largest absolute Gasteiger partial charge is 0.393 e. The fourth-order valence-corrected chi connectivity index (χ4v) is 1.88. The fourth-order valence-electron chi connectivity index (χ4n) is 1.88. The summed E-state index contributed by atoms with van der Waals surface area (Å²) in [5.74, 6) is 0.770. The van der Waals surface area contributed by atoms with E-state index in [0.717, 1.165) is 25.2 Å². The Labute approximate surface area is 101 Å². The van der Waals surface area contributed by atoms with E-state index in [9.17, 15) is 0 Å². The van der Waals surface area contributed by atoms with Crippen molar-refractivity contribution in [2.45, 2.75) is 77.9 Å². The van der Waals surface area contributed by atoms with Crippen LogP contribution in [0.25, 0.3) is 0 Å². The topological polar surface area (TPSA) is 29.5 Å². The summed E-state index contributed by atoms with van der Waals surface area (Å²) in [6.07, 6.45) is 6.81. The van der Waals surface area contributed by atoms with E-state index >= 15 is 0 Å². The van der Waals surface area contributed by atoms with Crippen LogP contribution in [-0.4, -0.2) is 23.9 Å². The molecule has 0 amide bonds. The highest BCUT2D eigenvalue weighted by atomic mass is 16.5.